The third kappa shape index (κ3) is 3.42. The normalized spacial score (nSPS) is 10.7. The molecule has 1 aromatic heterocycles. The molecule has 3 rings (SSSR count). The second kappa shape index (κ2) is 7.07. The van der Waals surface area contributed by atoms with E-state index in [0.717, 1.165) is 16.7 Å². The van der Waals surface area contributed by atoms with Gasteiger partial charge < -0.3 is 19.2 Å². The summed E-state index contributed by atoms with van der Waals surface area (Å²) in [5.74, 6) is 1.21. The summed E-state index contributed by atoms with van der Waals surface area (Å²) >= 11 is 6.09. The zero-order valence-electron chi connectivity index (χ0n) is 14.2. The number of rotatable bonds is 5. The molecular formula is C19H18ClNO4. The molecule has 1 N–H and O–H groups in total. The highest BCUT2D eigenvalue weighted by Crippen LogP contribution is 2.31. The first kappa shape index (κ1) is 17.2. The van der Waals surface area contributed by atoms with Gasteiger partial charge >= 0.3 is 0 Å². The van der Waals surface area contributed by atoms with Crippen molar-refractivity contribution in [1.29, 1.82) is 0 Å². The van der Waals surface area contributed by atoms with Gasteiger partial charge in [0.1, 0.15) is 17.1 Å². The summed E-state index contributed by atoms with van der Waals surface area (Å²) in [5.41, 5.74) is 1.96. The zero-order chi connectivity index (χ0) is 18.0. The summed E-state index contributed by atoms with van der Waals surface area (Å²) < 4.78 is 16.3. The lowest BCUT2D eigenvalue weighted by molar-refractivity contribution is 0.0998. The fraction of sp³-hybridized carbons (Fsp3) is 0.211. The highest BCUT2D eigenvalue weighted by atomic mass is 35.5. The van der Waals surface area contributed by atoms with Gasteiger partial charge in [-0.05, 0) is 50.2 Å². The summed E-state index contributed by atoms with van der Waals surface area (Å²) in [6.45, 7) is 4.34. The predicted octanol–water partition coefficient (Wildman–Crippen LogP) is 5.05. The highest BCUT2D eigenvalue weighted by molar-refractivity contribution is 6.32. The van der Waals surface area contributed by atoms with Gasteiger partial charge in [-0.3, -0.25) is 4.79 Å². The van der Waals surface area contributed by atoms with Crippen LogP contribution in [0.2, 0.25) is 5.02 Å². The highest BCUT2D eigenvalue weighted by Gasteiger charge is 2.18. The maximum absolute atomic E-state index is 12.6. The maximum Gasteiger partial charge on any atom is 0.291 e. The molecule has 1 heterocycles. The Morgan fingerprint density at radius 1 is 1.24 bits per heavy atom. The van der Waals surface area contributed by atoms with Gasteiger partial charge in [0.15, 0.2) is 5.76 Å². The van der Waals surface area contributed by atoms with Crippen LogP contribution >= 0.6 is 11.6 Å². The van der Waals surface area contributed by atoms with E-state index >= 15 is 0 Å². The third-order valence-electron chi connectivity index (χ3n) is 3.83. The van der Waals surface area contributed by atoms with E-state index in [1.807, 2.05) is 26.0 Å². The molecule has 130 valence electrons. The van der Waals surface area contributed by atoms with Crippen molar-refractivity contribution >= 4 is 34.2 Å². The van der Waals surface area contributed by atoms with Crippen molar-refractivity contribution in [2.45, 2.75) is 13.8 Å². The Labute approximate surface area is 150 Å². The molecule has 5 nitrogen and oxygen atoms in total. The number of benzene rings is 2. The molecule has 0 aliphatic heterocycles. The van der Waals surface area contributed by atoms with Crippen molar-refractivity contribution in [2.75, 3.05) is 19.0 Å². The number of nitrogens with one attached hydrogen (secondary N) is 1. The summed E-state index contributed by atoms with van der Waals surface area (Å²) in [5, 5.41) is 4.06. The molecule has 0 radical (unpaired) electrons. The molecule has 1 amide bonds. The van der Waals surface area contributed by atoms with Gasteiger partial charge in [0, 0.05) is 16.6 Å². The van der Waals surface area contributed by atoms with Crippen molar-refractivity contribution in [2.24, 2.45) is 0 Å². The molecule has 0 atom stereocenters. The van der Waals surface area contributed by atoms with Crippen LogP contribution in [0.5, 0.6) is 11.5 Å². The van der Waals surface area contributed by atoms with Crippen molar-refractivity contribution in [3.63, 3.8) is 0 Å². The molecule has 25 heavy (non-hydrogen) atoms. The van der Waals surface area contributed by atoms with Crippen LogP contribution in [0.1, 0.15) is 23.0 Å². The Morgan fingerprint density at radius 3 is 2.72 bits per heavy atom. The van der Waals surface area contributed by atoms with Crippen LogP contribution in [0.4, 0.5) is 5.69 Å². The molecule has 0 aliphatic rings. The van der Waals surface area contributed by atoms with Crippen molar-refractivity contribution in [1.82, 2.24) is 0 Å². The molecule has 0 spiro atoms. The van der Waals surface area contributed by atoms with Crippen molar-refractivity contribution < 1.29 is 18.7 Å². The molecule has 3 aromatic rings. The Balaban J connectivity index is 1.89. The van der Waals surface area contributed by atoms with E-state index in [0.29, 0.717) is 28.6 Å². The van der Waals surface area contributed by atoms with Gasteiger partial charge in [0.25, 0.3) is 5.91 Å². The van der Waals surface area contributed by atoms with Crippen LogP contribution in [0.3, 0.4) is 0 Å². The standard InChI is InChI=1S/C19H18ClNO4/c1-4-24-13-6-8-16-14(10-13)11(2)18(25-16)19(22)21-12-5-7-17(23-3)15(20)9-12/h5-10H,4H2,1-3H3,(H,21,22). The molecule has 2 aromatic carbocycles. The second-order valence-electron chi connectivity index (χ2n) is 5.45. The van der Waals surface area contributed by atoms with E-state index in [2.05, 4.69) is 5.32 Å². The fourth-order valence-corrected chi connectivity index (χ4v) is 2.86. The largest absolute Gasteiger partial charge is 0.495 e. The number of fused-ring (bicyclic) bond motifs is 1. The number of anilines is 1. The SMILES string of the molecule is CCOc1ccc2oc(C(=O)Nc3ccc(OC)c(Cl)c3)c(C)c2c1. The first-order valence-electron chi connectivity index (χ1n) is 7.84. The van der Waals surface area contributed by atoms with E-state index < -0.39 is 0 Å². The number of halogens is 1. The topological polar surface area (TPSA) is 60.7 Å². The molecule has 0 saturated heterocycles. The zero-order valence-corrected chi connectivity index (χ0v) is 14.9. The first-order valence-corrected chi connectivity index (χ1v) is 8.22. The van der Waals surface area contributed by atoms with Crippen LogP contribution in [0.25, 0.3) is 11.0 Å². The Bertz CT molecular complexity index is 933. The quantitative estimate of drug-likeness (QED) is 0.692. The lowest BCUT2D eigenvalue weighted by Crippen LogP contribution is -2.12. The Hall–Kier alpha value is -2.66. The summed E-state index contributed by atoms with van der Waals surface area (Å²) in [4.78, 5) is 12.6. The van der Waals surface area contributed by atoms with Crippen LogP contribution in [-0.4, -0.2) is 19.6 Å². The molecule has 0 bridgehead atoms. The summed E-state index contributed by atoms with van der Waals surface area (Å²) in [6, 6.07) is 10.5. The molecule has 0 aliphatic carbocycles. The van der Waals surface area contributed by atoms with E-state index in [1.54, 1.807) is 24.3 Å². The number of methoxy groups -OCH3 is 1. The lowest BCUT2D eigenvalue weighted by atomic mass is 10.1. The first-order chi connectivity index (χ1) is 12.0. The average Bonchev–Trinajstić information content (AvgIpc) is 2.92. The molecule has 0 unspecified atom stereocenters. The van der Waals surface area contributed by atoms with E-state index in [-0.39, 0.29) is 11.7 Å². The number of carbonyl (C=O) groups excluding carboxylic acids is 1. The maximum atomic E-state index is 12.6. The molecular weight excluding hydrogens is 342 g/mol. The van der Waals surface area contributed by atoms with E-state index in [9.17, 15) is 4.79 Å². The van der Waals surface area contributed by atoms with Gasteiger partial charge in [-0.1, -0.05) is 11.6 Å². The minimum atomic E-state index is -0.340. The van der Waals surface area contributed by atoms with Gasteiger partial charge in [0.2, 0.25) is 0 Å². The van der Waals surface area contributed by atoms with Crippen LogP contribution in [0, 0.1) is 6.92 Å². The van der Waals surface area contributed by atoms with E-state index in [4.69, 9.17) is 25.5 Å². The van der Waals surface area contributed by atoms with Gasteiger partial charge in [-0.25, -0.2) is 0 Å². The number of ether oxygens (including phenoxy) is 2. The number of hydrogen-bond donors (Lipinski definition) is 1. The summed E-state index contributed by atoms with van der Waals surface area (Å²) in [6.07, 6.45) is 0. The van der Waals surface area contributed by atoms with Crippen LogP contribution in [-0.2, 0) is 0 Å². The minimum Gasteiger partial charge on any atom is -0.495 e. The number of hydrogen-bond acceptors (Lipinski definition) is 4. The van der Waals surface area contributed by atoms with Gasteiger partial charge in [0.05, 0.1) is 18.7 Å². The number of carbonyl (C=O) groups is 1. The lowest BCUT2D eigenvalue weighted by Gasteiger charge is -2.07. The van der Waals surface area contributed by atoms with Crippen LogP contribution in [0.15, 0.2) is 40.8 Å². The van der Waals surface area contributed by atoms with E-state index in [1.165, 1.54) is 7.11 Å². The van der Waals surface area contributed by atoms with Crippen molar-refractivity contribution in [3.8, 4) is 11.5 Å². The van der Waals surface area contributed by atoms with Crippen molar-refractivity contribution in [3.05, 3.63) is 52.7 Å². The monoisotopic (exact) mass is 359 g/mol. The molecule has 0 fully saturated rings. The van der Waals surface area contributed by atoms with Gasteiger partial charge in [-0.2, -0.15) is 0 Å². The second-order valence-corrected chi connectivity index (χ2v) is 5.86. The Kier molecular flexibility index (Phi) is 4.86. The summed E-state index contributed by atoms with van der Waals surface area (Å²) in [7, 11) is 1.54. The van der Waals surface area contributed by atoms with Gasteiger partial charge in [-0.15, -0.1) is 0 Å². The number of aryl methyl sites for hydroxylation is 1. The fourth-order valence-electron chi connectivity index (χ4n) is 2.61. The van der Waals surface area contributed by atoms with Crippen LogP contribution < -0.4 is 14.8 Å². The smallest absolute Gasteiger partial charge is 0.291 e. The minimum absolute atomic E-state index is 0.260. The number of furan rings is 1. The average molecular weight is 360 g/mol. The molecule has 6 heteroatoms. The number of amides is 1. The molecule has 0 saturated carbocycles. The predicted molar refractivity (Wildman–Crippen MR) is 98.1 cm³/mol. The third-order valence-corrected chi connectivity index (χ3v) is 4.13. The Morgan fingerprint density at radius 2 is 2.04 bits per heavy atom.